The lowest BCUT2D eigenvalue weighted by molar-refractivity contribution is -0.117. The highest BCUT2D eigenvalue weighted by atomic mass is 19.1. The van der Waals surface area contributed by atoms with Crippen molar-refractivity contribution in [2.75, 3.05) is 27.4 Å². The molecule has 1 aromatic heterocycles. The molecule has 0 saturated carbocycles. The molecule has 0 fully saturated rings. The number of nitrogens with zero attached hydrogens (tertiary/aromatic N) is 1. The van der Waals surface area contributed by atoms with E-state index in [4.69, 9.17) is 25.1 Å². The van der Waals surface area contributed by atoms with Gasteiger partial charge in [0.25, 0.3) is 0 Å². The van der Waals surface area contributed by atoms with Crippen molar-refractivity contribution in [2.45, 2.75) is 27.4 Å². The van der Waals surface area contributed by atoms with Gasteiger partial charge >= 0.3 is 6.09 Å². The first kappa shape index (κ1) is 37.9. The number of rotatable bonds is 8. The van der Waals surface area contributed by atoms with Crippen LogP contribution in [-0.4, -0.2) is 56.3 Å². The number of ether oxygens (including phenoxy) is 2. The molecule has 0 aliphatic heterocycles. The second kappa shape index (κ2) is 21.6. The Morgan fingerprint density at radius 3 is 2.08 bits per heavy atom. The monoisotopic (exact) mass is 567 g/mol. The lowest BCUT2D eigenvalue weighted by Crippen LogP contribution is -2.27. The number of primary amides is 1. The maximum absolute atomic E-state index is 13.2. The fraction of sp³-hybridized carbons (Fsp3) is 0.286. The number of alkyl carbamates (subject to hydrolysis) is 1. The van der Waals surface area contributed by atoms with Gasteiger partial charge in [-0.15, -0.1) is 0 Å². The molecule has 3 aromatic rings. The standard InChI is InChI=1S/C18H20FN3O4.C7H6F2.CH4O.CH2O.CH4/c1-25-9-8-21-18(24)26-11-13-4-7-15(10-16(20)23)22-17(13)12-2-5-14(19)6-3-12;1-5-6(8)3-2-4-7(5)9;2*1-2;/h2-7H,8-11H2,1H3,(H2,20,23)(H,21,24);2-4H,1H3;2H,1H3;1H2;1H4. The van der Waals surface area contributed by atoms with Gasteiger partial charge in [-0.2, -0.15) is 0 Å². The van der Waals surface area contributed by atoms with Crippen LogP contribution in [0.4, 0.5) is 18.0 Å². The lowest BCUT2D eigenvalue weighted by atomic mass is 10.0. The molecule has 2 amide bonds. The minimum atomic E-state index is -0.590. The van der Waals surface area contributed by atoms with E-state index < -0.39 is 23.6 Å². The van der Waals surface area contributed by atoms with Crippen LogP contribution in [0.3, 0.4) is 0 Å². The molecular weight excluding hydrogens is 531 g/mol. The molecule has 2 aromatic carbocycles. The molecule has 12 heteroatoms. The van der Waals surface area contributed by atoms with Crippen LogP contribution in [0.1, 0.15) is 24.2 Å². The number of benzene rings is 2. The van der Waals surface area contributed by atoms with E-state index in [0.29, 0.717) is 35.7 Å². The van der Waals surface area contributed by atoms with Gasteiger partial charge in [0.2, 0.25) is 5.91 Å². The third-order valence-corrected chi connectivity index (χ3v) is 4.65. The van der Waals surface area contributed by atoms with Crippen LogP contribution in [0.15, 0.2) is 54.6 Å². The zero-order chi connectivity index (χ0) is 29.8. The van der Waals surface area contributed by atoms with Crippen molar-refractivity contribution in [1.29, 1.82) is 0 Å². The van der Waals surface area contributed by atoms with E-state index in [2.05, 4.69) is 10.3 Å². The fourth-order valence-corrected chi connectivity index (χ4v) is 2.81. The molecule has 9 nitrogen and oxygen atoms in total. The quantitative estimate of drug-likeness (QED) is 0.348. The summed E-state index contributed by atoms with van der Waals surface area (Å²) >= 11 is 0. The van der Waals surface area contributed by atoms with Gasteiger partial charge in [0, 0.05) is 37.5 Å². The summed E-state index contributed by atoms with van der Waals surface area (Å²) in [6.07, 6.45) is -0.611. The average molecular weight is 568 g/mol. The summed E-state index contributed by atoms with van der Waals surface area (Å²) in [5.41, 5.74) is 7.52. The number of halogens is 3. The number of pyridine rings is 1. The molecular formula is C28H36F3N3O6. The SMILES string of the molecule is C.C=O.CO.COCCNC(=O)OCc1ccc(CC(N)=O)nc1-c1ccc(F)cc1.Cc1c(F)cccc1F. The highest BCUT2D eigenvalue weighted by Gasteiger charge is 2.12. The summed E-state index contributed by atoms with van der Waals surface area (Å²) in [6.45, 7) is 4.08. The van der Waals surface area contributed by atoms with Crippen molar-refractivity contribution < 1.29 is 42.1 Å². The number of aliphatic hydroxyl groups excluding tert-OH is 1. The molecule has 0 saturated heterocycles. The number of nitrogens with one attached hydrogen (secondary N) is 1. The van der Waals surface area contributed by atoms with Gasteiger partial charge in [-0.1, -0.05) is 19.6 Å². The third kappa shape index (κ3) is 14.0. The predicted molar refractivity (Wildman–Crippen MR) is 146 cm³/mol. The zero-order valence-corrected chi connectivity index (χ0v) is 21.9. The predicted octanol–water partition coefficient (Wildman–Crippen LogP) is 4.12. The zero-order valence-electron chi connectivity index (χ0n) is 21.9. The van der Waals surface area contributed by atoms with Crippen molar-refractivity contribution in [1.82, 2.24) is 10.3 Å². The summed E-state index contributed by atoms with van der Waals surface area (Å²) in [5, 5.41) is 9.54. The second-order valence-electron chi connectivity index (χ2n) is 7.30. The molecule has 3 rings (SSSR count). The van der Waals surface area contributed by atoms with Crippen LogP contribution >= 0.6 is 0 Å². The highest BCUT2D eigenvalue weighted by molar-refractivity contribution is 5.76. The number of amides is 2. The first-order chi connectivity index (χ1) is 18.7. The van der Waals surface area contributed by atoms with E-state index in [-0.39, 0.29) is 31.8 Å². The minimum Gasteiger partial charge on any atom is -0.445 e. The number of carbonyl (C=O) groups excluding carboxylic acids is 3. The number of hydrogen-bond donors (Lipinski definition) is 3. The van der Waals surface area contributed by atoms with Crippen LogP contribution in [-0.2, 0) is 32.1 Å². The Labute approximate surface area is 232 Å². The number of hydrogen-bond acceptors (Lipinski definition) is 7. The summed E-state index contributed by atoms with van der Waals surface area (Å²) in [5.74, 6) is -1.87. The third-order valence-electron chi connectivity index (χ3n) is 4.65. The number of methoxy groups -OCH3 is 1. The van der Waals surface area contributed by atoms with Gasteiger partial charge < -0.3 is 30.4 Å². The molecule has 0 spiro atoms. The van der Waals surface area contributed by atoms with Gasteiger partial charge in [-0.25, -0.2) is 18.0 Å². The number of carbonyl (C=O) groups is 3. The van der Waals surface area contributed by atoms with Crippen molar-refractivity contribution in [3.63, 3.8) is 0 Å². The van der Waals surface area contributed by atoms with Crippen LogP contribution < -0.4 is 11.1 Å². The topological polar surface area (TPSA) is 141 Å². The van der Waals surface area contributed by atoms with Crippen LogP contribution in [0, 0.1) is 24.4 Å². The first-order valence-electron chi connectivity index (χ1n) is 11.3. The molecule has 220 valence electrons. The van der Waals surface area contributed by atoms with Crippen LogP contribution in [0.25, 0.3) is 11.3 Å². The van der Waals surface area contributed by atoms with E-state index >= 15 is 0 Å². The Morgan fingerprint density at radius 1 is 1.00 bits per heavy atom. The van der Waals surface area contributed by atoms with Crippen LogP contribution in [0.5, 0.6) is 0 Å². The Morgan fingerprint density at radius 2 is 1.57 bits per heavy atom. The van der Waals surface area contributed by atoms with Gasteiger partial charge in [0.15, 0.2) is 0 Å². The summed E-state index contributed by atoms with van der Waals surface area (Å²) in [4.78, 5) is 35.2. The number of nitrogens with two attached hydrogens (primary N) is 1. The van der Waals surface area contributed by atoms with Crippen molar-refractivity contribution in [3.05, 3.63) is 88.9 Å². The van der Waals surface area contributed by atoms with Crippen molar-refractivity contribution in [3.8, 4) is 11.3 Å². The summed E-state index contributed by atoms with van der Waals surface area (Å²) in [7, 11) is 2.53. The summed E-state index contributed by atoms with van der Waals surface area (Å²) < 4.78 is 47.9. The Balaban J connectivity index is 0. The second-order valence-corrected chi connectivity index (χ2v) is 7.30. The lowest BCUT2D eigenvalue weighted by Gasteiger charge is -2.12. The number of aromatic nitrogens is 1. The van der Waals surface area contributed by atoms with Gasteiger partial charge in [0.1, 0.15) is 30.8 Å². The molecule has 0 aliphatic carbocycles. The van der Waals surface area contributed by atoms with Crippen molar-refractivity contribution in [2.24, 2.45) is 5.73 Å². The van der Waals surface area contributed by atoms with E-state index in [1.54, 1.807) is 24.3 Å². The molecule has 0 radical (unpaired) electrons. The Kier molecular flexibility index (Phi) is 20.5. The Bertz CT molecular complexity index is 1140. The Hall–Kier alpha value is -4.29. The highest BCUT2D eigenvalue weighted by Crippen LogP contribution is 2.23. The van der Waals surface area contributed by atoms with E-state index in [1.807, 2.05) is 6.79 Å². The van der Waals surface area contributed by atoms with E-state index in [1.165, 1.54) is 44.4 Å². The average Bonchev–Trinajstić information content (AvgIpc) is 2.94. The fourth-order valence-electron chi connectivity index (χ4n) is 2.81. The molecule has 0 unspecified atom stereocenters. The van der Waals surface area contributed by atoms with Crippen LogP contribution in [0.2, 0.25) is 0 Å². The van der Waals surface area contributed by atoms with E-state index in [9.17, 15) is 22.8 Å². The normalized spacial score (nSPS) is 9.18. The molecule has 4 N–H and O–H groups in total. The minimum absolute atomic E-state index is 0. The maximum atomic E-state index is 13.2. The number of aliphatic hydroxyl groups is 1. The van der Waals surface area contributed by atoms with Gasteiger partial charge in [-0.3, -0.25) is 9.78 Å². The maximum Gasteiger partial charge on any atom is 0.407 e. The summed E-state index contributed by atoms with van der Waals surface area (Å²) in [6, 6.07) is 12.9. The van der Waals surface area contributed by atoms with E-state index in [0.717, 1.165) is 7.11 Å². The molecule has 0 atom stereocenters. The molecule has 0 aliphatic rings. The largest absolute Gasteiger partial charge is 0.445 e. The first-order valence-corrected chi connectivity index (χ1v) is 11.3. The molecule has 40 heavy (non-hydrogen) atoms. The van der Waals surface area contributed by atoms with Gasteiger partial charge in [-0.05, 0) is 49.4 Å². The van der Waals surface area contributed by atoms with Gasteiger partial charge in [0.05, 0.1) is 24.4 Å². The van der Waals surface area contributed by atoms with Crippen molar-refractivity contribution >= 4 is 18.8 Å². The molecule has 0 bridgehead atoms. The molecule has 1 heterocycles. The smallest absolute Gasteiger partial charge is 0.407 e.